The Morgan fingerprint density at radius 3 is 2.48 bits per heavy atom. The zero-order valence-corrected chi connectivity index (χ0v) is 13.2. The molecule has 2 N–H and O–H groups in total. The number of thiazole rings is 1. The fraction of sp³-hybridized carbons (Fsp3) is 0.0588. The number of rotatable bonds is 3. The van der Waals surface area contributed by atoms with E-state index in [1.54, 1.807) is 29.5 Å². The normalized spacial score (nSPS) is 10.3. The highest BCUT2D eigenvalue weighted by molar-refractivity contribution is 7.09. The highest BCUT2D eigenvalue weighted by Gasteiger charge is 2.05. The average Bonchev–Trinajstić information content (AvgIpc) is 2.94. The molecule has 0 spiro atoms. The Bertz CT molecular complexity index is 830. The second kappa shape index (κ2) is 6.58. The predicted octanol–water partition coefficient (Wildman–Crippen LogP) is 4.90. The Morgan fingerprint density at radius 2 is 1.83 bits per heavy atom. The molecule has 23 heavy (non-hydrogen) atoms. The molecule has 0 atom stereocenters. The van der Waals surface area contributed by atoms with Crippen LogP contribution in [0.15, 0.2) is 53.9 Å². The summed E-state index contributed by atoms with van der Waals surface area (Å²) in [6.45, 7) is 1.96. The van der Waals surface area contributed by atoms with Crippen LogP contribution in [0.5, 0.6) is 0 Å². The van der Waals surface area contributed by atoms with Crippen LogP contribution >= 0.6 is 11.3 Å². The molecule has 2 aromatic carbocycles. The maximum absolute atomic E-state index is 13.1. The molecule has 0 unspecified atom stereocenters. The van der Waals surface area contributed by atoms with Gasteiger partial charge in [-0.3, -0.25) is 0 Å². The average molecular weight is 327 g/mol. The molecular formula is C17H14FN3OS. The fourth-order valence-electron chi connectivity index (χ4n) is 2.08. The molecule has 1 heterocycles. The van der Waals surface area contributed by atoms with Crippen LogP contribution in [-0.4, -0.2) is 11.0 Å². The molecule has 3 aromatic rings. The molecule has 3 rings (SSSR count). The summed E-state index contributed by atoms with van der Waals surface area (Å²) < 4.78 is 13.1. The molecule has 6 heteroatoms. The summed E-state index contributed by atoms with van der Waals surface area (Å²) in [7, 11) is 0. The number of aryl methyl sites for hydroxylation is 1. The molecule has 0 aliphatic heterocycles. The predicted molar refractivity (Wildman–Crippen MR) is 91.3 cm³/mol. The molecule has 0 aliphatic rings. The second-order valence-electron chi connectivity index (χ2n) is 4.92. The van der Waals surface area contributed by atoms with Gasteiger partial charge in [0.1, 0.15) is 5.82 Å². The van der Waals surface area contributed by atoms with Crippen LogP contribution in [0, 0.1) is 12.7 Å². The van der Waals surface area contributed by atoms with Gasteiger partial charge in [0.2, 0.25) is 0 Å². The van der Waals surface area contributed by atoms with Gasteiger partial charge in [-0.25, -0.2) is 14.2 Å². The third-order valence-electron chi connectivity index (χ3n) is 3.14. The lowest BCUT2D eigenvalue weighted by Gasteiger charge is -2.08. The van der Waals surface area contributed by atoms with Gasteiger partial charge in [0.15, 0.2) is 0 Å². The number of benzene rings is 2. The molecule has 0 radical (unpaired) electrons. The molecular weight excluding hydrogens is 313 g/mol. The molecule has 2 amide bonds. The fourth-order valence-corrected chi connectivity index (χ4v) is 2.70. The summed E-state index contributed by atoms with van der Waals surface area (Å²) >= 11 is 1.59. The van der Waals surface area contributed by atoms with Crippen molar-refractivity contribution in [1.82, 2.24) is 4.98 Å². The first-order valence-electron chi connectivity index (χ1n) is 6.96. The minimum Gasteiger partial charge on any atom is -0.308 e. The molecule has 0 bridgehead atoms. The molecule has 4 nitrogen and oxygen atoms in total. The highest BCUT2D eigenvalue weighted by atomic mass is 32.1. The minimum atomic E-state index is -0.423. The maximum atomic E-state index is 13.1. The van der Waals surface area contributed by atoms with Gasteiger partial charge in [0.25, 0.3) is 0 Å². The van der Waals surface area contributed by atoms with E-state index in [2.05, 4.69) is 15.6 Å². The lowest BCUT2D eigenvalue weighted by molar-refractivity contribution is 0.262. The Morgan fingerprint density at radius 1 is 1.09 bits per heavy atom. The number of urea groups is 1. The van der Waals surface area contributed by atoms with Gasteiger partial charge < -0.3 is 10.6 Å². The Hall–Kier alpha value is -2.73. The lowest BCUT2D eigenvalue weighted by Crippen LogP contribution is -2.19. The van der Waals surface area contributed by atoms with Crippen molar-refractivity contribution in [2.24, 2.45) is 0 Å². The van der Waals surface area contributed by atoms with Crippen LogP contribution in [0.3, 0.4) is 0 Å². The summed E-state index contributed by atoms with van der Waals surface area (Å²) in [5.41, 5.74) is 2.96. The lowest BCUT2D eigenvalue weighted by atomic mass is 10.1. The molecule has 0 fully saturated rings. The van der Waals surface area contributed by atoms with Gasteiger partial charge in [-0.1, -0.05) is 18.2 Å². The Balaban J connectivity index is 1.65. The van der Waals surface area contributed by atoms with Crippen molar-refractivity contribution >= 4 is 28.7 Å². The van der Waals surface area contributed by atoms with E-state index in [9.17, 15) is 9.18 Å². The first-order chi connectivity index (χ1) is 11.1. The molecule has 116 valence electrons. The zero-order chi connectivity index (χ0) is 16.2. The van der Waals surface area contributed by atoms with Crippen molar-refractivity contribution in [2.75, 3.05) is 10.6 Å². The van der Waals surface area contributed by atoms with E-state index in [4.69, 9.17) is 0 Å². The topological polar surface area (TPSA) is 54.0 Å². The summed E-state index contributed by atoms with van der Waals surface area (Å²) in [5, 5.41) is 8.29. The van der Waals surface area contributed by atoms with Crippen molar-refractivity contribution in [3.05, 3.63) is 64.7 Å². The number of nitrogens with zero attached hydrogens (tertiary/aromatic N) is 1. The zero-order valence-electron chi connectivity index (χ0n) is 12.3. The number of carbonyl (C=O) groups excluding carboxylic acids is 1. The van der Waals surface area contributed by atoms with Gasteiger partial charge in [0, 0.05) is 22.3 Å². The van der Waals surface area contributed by atoms with Gasteiger partial charge in [-0.15, -0.1) is 11.3 Å². The minimum absolute atomic E-state index is 0.397. The van der Waals surface area contributed by atoms with Gasteiger partial charge in [0.05, 0.1) is 10.7 Å². The summed E-state index contributed by atoms with van der Waals surface area (Å²) in [4.78, 5) is 16.3. The smallest absolute Gasteiger partial charge is 0.308 e. The number of carbonyl (C=O) groups is 1. The van der Waals surface area contributed by atoms with Crippen LogP contribution in [0.4, 0.5) is 20.6 Å². The van der Waals surface area contributed by atoms with Crippen LogP contribution in [0.1, 0.15) is 5.01 Å². The van der Waals surface area contributed by atoms with E-state index in [1.165, 1.54) is 18.2 Å². The SMILES string of the molecule is Cc1nc(-c2ccc(NC(=O)Nc3cccc(F)c3)cc2)cs1. The maximum Gasteiger partial charge on any atom is 0.323 e. The van der Waals surface area contributed by atoms with Crippen molar-refractivity contribution in [3.63, 3.8) is 0 Å². The highest BCUT2D eigenvalue weighted by Crippen LogP contribution is 2.23. The third-order valence-corrected chi connectivity index (χ3v) is 3.91. The van der Waals surface area contributed by atoms with Gasteiger partial charge >= 0.3 is 6.03 Å². The Labute approximate surface area is 137 Å². The quantitative estimate of drug-likeness (QED) is 0.719. The number of halogens is 1. The van der Waals surface area contributed by atoms with Crippen molar-refractivity contribution in [3.8, 4) is 11.3 Å². The van der Waals surface area contributed by atoms with Gasteiger partial charge in [-0.05, 0) is 37.3 Å². The third kappa shape index (κ3) is 3.92. The second-order valence-corrected chi connectivity index (χ2v) is 5.98. The standard InChI is InChI=1S/C17H14FN3OS/c1-11-19-16(10-23-11)12-5-7-14(8-6-12)20-17(22)21-15-4-2-3-13(18)9-15/h2-10H,1H3,(H2,20,21,22). The molecule has 0 saturated heterocycles. The summed E-state index contributed by atoms with van der Waals surface area (Å²) in [6.07, 6.45) is 0. The van der Waals surface area contributed by atoms with E-state index in [1.807, 2.05) is 24.4 Å². The number of aromatic nitrogens is 1. The Kier molecular flexibility index (Phi) is 4.34. The van der Waals surface area contributed by atoms with E-state index < -0.39 is 11.8 Å². The van der Waals surface area contributed by atoms with Crippen LogP contribution < -0.4 is 10.6 Å². The number of nitrogens with one attached hydrogen (secondary N) is 2. The molecule has 0 saturated carbocycles. The largest absolute Gasteiger partial charge is 0.323 e. The monoisotopic (exact) mass is 327 g/mol. The number of anilines is 2. The molecule has 1 aromatic heterocycles. The number of amides is 2. The van der Waals surface area contributed by atoms with Crippen LogP contribution in [0.2, 0.25) is 0 Å². The summed E-state index contributed by atoms with van der Waals surface area (Å²) in [5.74, 6) is -0.397. The summed E-state index contributed by atoms with van der Waals surface area (Å²) in [6, 6.07) is 12.7. The van der Waals surface area contributed by atoms with E-state index >= 15 is 0 Å². The van der Waals surface area contributed by atoms with Crippen molar-refractivity contribution < 1.29 is 9.18 Å². The van der Waals surface area contributed by atoms with Crippen molar-refractivity contribution in [1.29, 1.82) is 0 Å². The van der Waals surface area contributed by atoms with Gasteiger partial charge in [-0.2, -0.15) is 0 Å². The first-order valence-corrected chi connectivity index (χ1v) is 7.84. The van der Waals surface area contributed by atoms with Crippen molar-refractivity contribution in [2.45, 2.75) is 6.92 Å². The van der Waals surface area contributed by atoms with E-state index in [-0.39, 0.29) is 0 Å². The van der Waals surface area contributed by atoms with E-state index in [0.717, 1.165) is 16.3 Å². The van der Waals surface area contributed by atoms with Crippen LogP contribution in [-0.2, 0) is 0 Å². The van der Waals surface area contributed by atoms with Crippen LogP contribution in [0.25, 0.3) is 11.3 Å². The first kappa shape index (κ1) is 15.2. The molecule has 0 aliphatic carbocycles. The number of hydrogen-bond acceptors (Lipinski definition) is 3. The number of hydrogen-bond donors (Lipinski definition) is 2. The van der Waals surface area contributed by atoms with E-state index in [0.29, 0.717) is 11.4 Å².